The van der Waals surface area contributed by atoms with Crippen LogP contribution >= 0.6 is 0 Å². The number of aromatic nitrogens is 3. The van der Waals surface area contributed by atoms with Crippen LogP contribution in [0.3, 0.4) is 0 Å². The van der Waals surface area contributed by atoms with Crippen LogP contribution in [-0.2, 0) is 0 Å². The van der Waals surface area contributed by atoms with Crippen molar-refractivity contribution in [1.29, 1.82) is 5.26 Å². The fourth-order valence-electron chi connectivity index (χ4n) is 3.48. The monoisotopic (exact) mass is 416 g/mol. The first-order valence-corrected chi connectivity index (χ1v) is 9.94. The normalized spacial score (nSPS) is 11.4. The van der Waals surface area contributed by atoms with Gasteiger partial charge in [-0.25, -0.2) is 9.48 Å². The van der Waals surface area contributed by atoms with E-state index in [1.807, 2.05) is 54.6 Å². The Kier molecular flexibility index (Phi) is 4.91. The van der Waals surface area contributed by atoms with Crippen molar-refractivity contribution < 1.29 is 4.42 Å². The number of nitrogens with zero attached hydrogens (tertiary/aromatic N) is 4. The number of rotatable bonds is 4. The average Bonchev–Trinajstić information content (AvgIpc) is 3.27. The van der Waals surface area contributed by atoms with Crippen LogP contribution in [0.1, 0.15) is 11.3 Å². The zero-order valence-corrected chi connectivity index (χ0v) is 16.8. The van der Waals surface area contributed by atoms with Crippen molar-refractivity contribution in [3.8, 4) is 23.0 Å². The van der Waals surface area contributed by atoms with Crippen LogP contribution in [0.5, 0.6) is 0 Å². The molecule has 3 aromatic heterocycles. The van der Waals surface area contributed by atoms with Gasteiger partial charge in [-0.05, 0) is 42.5 Å². The molecule has 0 bridgehead atoms. The Balaban J connectivity index is 1.74. The molecule has 5 aromatic rings. The molecule has 0 aliphatic rings. The summed E-state index contributed by atoms with van der Waals surface area (Å²) in [6.07, 6.45) is 5.12. The Labute approximate surface area is 183 Å². The van der Waals surface area contributed by atoms with Crippen molar-refractivity contribution in [2.45, 2.75) is 0 Å². The van der Waals surface area contributed by atoms with Crippen molar-refractivity contribution in [3.63, 3.8) is 0 Å². The van der Waals surface area contributed by atoms with E-state index in [2.05, 4.69) is 16.2 Å². The van der Waals surface area contributed by atoms with Crippen molar-refractivity contribution >= 4 is 22.6 Å². The minimum absolute atomic E-state index is 0.322. The molecule has 0 spiro atoms. The summed E-state index contributed by atoms with van der Waals surface area (Å²) in [6.45, 7) is 0. The topological polar surface area (TPSA) is 84.7 Å². The Hall–Kier alpha value is -4.76. The molecule has 0 aliphatic heterocycles. The van der Waals surface area contributed by atoms with Gasteiger partial charge in [0.15, 0.2) is 0 Å². The summed E-state index contributed by atoms with van der Waals surface area (Å²) in [5, 5.41) is 15.2. The van der Waals surface area contributed by atoms with E-state index < -0.39 is 5.63 Å². The third-order valence-electron chi connectivity index (χ3n) is 5.02. The largest absolute Gasteiger partial charge is 0.422 e. The summed E-state index contributed by atoms with van der Waals surface area (Å²) in [5.41, 5.74) is 3.11. The SMILES string of the molecule is N#C/C(=C\c1cn(-c2ccccc2)nc1-c1cc2ccccc2oc1=O)c1ccccn1. The molecule has 0 saturated carbocycles. The zero-order chi connectivity index (χ0) is 21.9. The number of nitriles is 1. The van der Waals surface area contributed by atoms with Crippen molar-refractivity contribution in [3.05, 3.63) is 113 Å². The molecule has 32 heavy (non-hydrogen) atoms. The first kappa shape index (κ1) is 19.2. The minimum atomic E-state index is -0.493. The number of hydrogen-bond donors (Lipinski definition) is 0. The molecule has 5 rings (SSSR count). The molecule has 2 aromatic carbocycles. The van der Waals surface area contributed by atoms with Crippen LogP contribution < -0.4 is 5.63 Å². The van der Waals surface area contributed by atoms with E-state index >= 15 is 0 Å². The van der Waals surface area contributed by atoms with E-state index in [9.17, 15) is 10.1 Å². The molecule has 0 amide bonds. The highest BCUT2D eigenvalue weighted by Crippen LogP contribution is 2.27. The molecule has 6 nitrogen and oxygen atoms in total. The van der Waals surface area contributed by atoms with Gasteiger partial charge in [0.25, 0.3) is 0 Å². The predicted octanol–water partition coefficient (Wildman–Crippen LogP) is 5.10. The van der Waals surface area contributed by atoms with E-state index in [1.54, 1.807) is 47.4 Å². The molecule has 6 heteroatoms. The van der Waals surface area contributed by atoms with Gasteiger partial charge in [0.1, 0.15) is 17.3 Å². The number of para-hydroxylation sites is 2. The summed E-state index contributed by atoms with van der Waals surface area (Å²) in [7, 11) is 0. The molecule has 0 N–H and O–H groups in total. The van der Waals surface area contributed by atoms with Gasteiger partial charge in [-0.15, -0.1) is 0 Å². The number of hydrogen-bond acceptors (Lipinski definition) is 5. The highest BCUT2D eigenvalue weighted by Gasteiger charge is 2.17. The third kappa shape index (κ3) is 3.59. The van der Waals surface area contributed by atoms with Crippen LogP contribution in [0.4, 0.5) is 0 Å². The van der Waals surface area contributed by atoms with Crippen LogP contribution in [0.15, 0.2) is 100 Å². The third-order valence-corrected chi connectivity index (χ3v) is 5.02. The van der Waals surface area contributed by atoms with Gasteiger partial charge in [0, 0.05) is 23.3 Å². The van der Waals surface area contributed by atoms with E-state index in [0.29, 0.717) is 33.7 Å². The van der Waals surface area contributed by atoms with E-state index in [4.69, 9.17) is 4.42 Å². The lowest BCUT2D eigenvalue weighted by atomic mass is 10.0. The molecule has 0 aliphatic carbocycles. The molecule has 0 radical (unpaired) electrons. The van der Waals surface area contributed by atoms with Gasteiger partial charge < -0.3 is 4.42 Å². The predicted molar refractivity (Wildman–Crippen MR) is 123 cm³/mol. The Morgan fingerprint density at radius 3 is 2.56 bits per heavy atom. The van der Waals surface area contributed by atoms with E-state index in [-0.39, 0.29) is 0 Å². The first-order valence-electron chi connectivity index (χ1n) is 9.94. The summed E-state index contributed by atoms with van der Waals surface area (Å²) in [5.74, 6) is 0. The van der Waals surface area contributed by atoms with Gasteiger partial charge in [-0.2, -0.15) is 10.4 Å². The van der Waals surface area contributed by atoms with Crippen LogP contribution in [-0.4, -0.2) is 14.8 Å². The van der Waals surface area contributed by atoms with Crippen LogP contribution in [0.2, 0.25) is 0 Å². The molecular weight excluding hydrogens is 400 g/mol. The van der Waals surface area contributed by atoms with Crippen molar-refractivity contribution in [2.24, 2.45) is 0 Å². The number of fused-ring (bicyclic) bond motifs is 1. The highest BCUT2D eigenvalue weighted by atomic mass is 16.4. The van der Waals surface area contributed by atoms with E-state index in [1.165, 1.54) is 0 Å². The van der Waals surface area contributed by atoms with Gasteiger partial charge >= 0.3 is 5.63 Å². The van der Waals surface area contributed by atoms with Gasteiger partial charge in [0.2, 0.25) is 0 Å². The zero-order valence-electron chi connectivity index (χ0n) is 16.8. The average molecular weight is 416 g/mol. The second-order valence-corrected chi connectivity index (χ2v) is 7.08. The molecule has 0 saturated heterocycles. The van der Waals surface area contributed by atoms with Crippen molar-refractivity contribution in [2.75, 3.05) is 0 Å². The number of pyridine rings is 1. The molecule has 3 heterocycles. The second kappa shape index (κ2) is 8.17. The Bertz CT molecular complexity index is 1540. The lowest BCUT2D eigenvalue weighted by molar-refractivity contribution is 0.563. The molecule has 0 atom stereocenters. The Morgan fingerprint density at radius 1 is 1.00 bits per heavy atom. The molecule has 0 unspecified atom stereocenters. The van der Waals surface area contributed by atoms with Gasteiger partial charge in [-0.1, -0.05) is 42.5 Å². The first-order chi connectivity index (χ1) is 15.7. The quantitative estimate of drug-likeness (QED) is 0.300. The molecule has 0 fully saturated rings. The lowest BCUT2D eigenvalue weighted by Gasteiger charge is -2.02. The second-order valence-electron chi connectivity index (χ2n) is 7.08. The summed E-state index contributed by atoms with van der Waals surface area (Å²) in [4.78, 5) is 17.1. The van der Waals surface area contributed by atoms with Gasteiger partial charge in [0.05, 0.1) is 22.5 Å². The molecular formula is C26H16N4O2. The van der Waals surface area contributed by atoms with Crippen LogP contribution in [0.25, 0.3) is 39.6 Å². The lowest BCUT2D eigenvalue weighted by Crippen LogP contribution is -2.04. The summed E-state index contributed by atoms with van der Waals surface area (Å²) < 4.78 is 7.21. The maximum absolute atomic E-state index is 12.8. The molecule has 152 valence electrons. The maximum atomic E-state index is 12.8. The maximum Gasteiger partial charge on any atom is 0.345 e. The number of allylic oxidation sites excluding steroid dienone is 1. The van der Waals surface area contributed by atoms with E-state index in [0.717, 1.165) is 11.1 Å². The fraction of sp³-hybridized carbons (Fsp3) is 0. The van der Waals surface area contributed by atoms with Gasteiger partial charge in [-0.3, -0.25) is 4.98 Å². The summed E-state index contributed by atoms with van der Waals surface area (Å²) in [6, 6.07) is 26.2. The Morgan fingerprint density at radius 2 is 1.78 bits per heavy atom. The van der Waals surface area contributed by atoms with Crippen LogP contribution in [0, 0.1) is 11.3 Å². The highest BCUT2D eigenvalue weighted by molar-refractivity contribution is 5.92. The minimum Gasteiger partial charge on any atom is -0.422 e. The standard InChI is InChI=1S/C26H16N4O2/c27-16-19(23-11-6-7-13-28-23)14-20-17-30(21-9-2-1-3-10-21)29-25(20)22-15-18-8-4-5-12-24(18)32-26(22)31/h1-15,17H/b19-14+. The smallest absolute Gasteiger partial charge is 0.345 e. The summed E-state index contributed by atoms with van der Waals surface area (Å²) >= 11 is 0. The fourth-order valence-corrected chi connectivity index (χ4v) is 3.48. The number of benzene rings is 2. The van der Waals surface area contributed by atoms with Crippen molar-refractivity contribution in [1.82, 2.24) is 14.8 Å².